The first-order valence-electron chi connectivity index (χ1n) is 8.74. The van der Waals surface area contributed by atoms with Crippen molar-refractivity contribution in [2.45, 2.75) is 26.2 Å². The van der Waals surface area contributed by atoms with Gasteiger partial charge in [-0.15, -0.1) is 0 Å². The first-order chi connectivity index (χ1) is 10.7. The lowest BCUT2D eigenvalue weighted by Gasteiger charge is -2.32. The van der Waals surface area contributed by atoms with Crippen LogP contribution in [0.2, 0.25) is 0 Å². The van der Waals surface area contributed by atoms with Crippen molar-refractivity contribution >= 4 is 16.8 Å². The number of hydrogen-bond donors (Lipinski definition) is 0. The van der Waals surface area contributed by atoms with Crippen molar-refractivity contribution in [2.24, 2.45) is 5.41 Å². The average molecular weight is 290 g/mol. The summed E-state index contributed by atoms with van der Waals surface area (Å²) in [5, 5.41) is 2.82. The predicted molar refractivity (Wildman–Crippen MR) is 92.7 cm³/mol. The third-order valence-electron chi connectivity index (χ3n) is 6.44. The fourth-order valence-corrected chi connectivity index (χ4v) is 5.42. The molecule has 2 saturated heterocycles. The third kappa shape index (κ3) is 1.69. The highest BCUT2D eigenvalue weighted by Crippen LogP contribution is 2.49. The van der Waals surface area contributed by atoms with Crippen LogP contribution in [-0.2, 0) is 6.42 Å². The van der Waals surface area contributed by atoms with Gasteiger partial charge in [-0.05, 0) is 46.9 Å². The van der Waals surface area contributed by atoms with E-state index in [1.165, 1.54) is 66.3 Å². The van der Waals surface area contributed by atoms with E-state index in [2.05, 4.69) is 49.4 Å². The maximum absolute atomic E-state index is 2.56. The van der Waals surface area contributed by atoms with Crippen LogP contribution in [0.1, 0.15) is 30.9 Å². The molecule has 0 amide bonds. The normalized spacial score (nSPS) is 28.7. The van der Waals surface area contributed by atoms with Gasteiger partial charge in [0.1, 0.15) is 6.54 Å². The molecule has 0 unspecified atom stereocenters. The Labute approximate surface area is 132 Å². The fourth-order valence-electron chi connectivity index (χ4n) is 5.42. The molecular formula is C21H24N+. The van der Waals surface area contributed by atoms with E-state index in [-0.39, 0.29) is 0 Å². The number of fused-ring (bicyclic) bond motifs is 4. The Kier molecular flexibility index (Phi) is 2.48. The van der Waals surface area contributed by atoms with Gasteiger partial charge in [-0.3, -0.25) is 0 Å². The highest BCUT2D eigenvalue weighted by molar-refractivity contribution is 5.93. The van der Waals surface area contributed by atoms with Crippen molar-refractivity contribution in [2.75, 3.05) is 26.2 Å². The Morgan fingerprint density at radius 2 is 1.82 bits per heavy atom. The molecule has 2 aliphatic heterocycles. The molecule has 1 heteroatoms. The molecule has 2 aromatic rings. The molecule has 3 aliphatic rings. The first kappa shape index (κ1) is 12.9. The molecule has 0 bridgehead atoms. The minimum atomic E-state index is 0.403. The van der Waals surface area contributed by atoms with Gasteiger partial charge in [-0.25, -0.2) is 0 Å². The summed E-state index contributed by atoms with van der Waals surface area (Å²) >= 11 is 0. The summed E-state index contributed by atoms with van der Waals surface area (Å²) < 4.78 is 1.37. The standard InChI is InChI=1S/C21H24N/c1-21-13-17-9-8-16-6-2-3-7-19(16)20(17)12-18(21)14-22(15-21)10-4-5-11-22/h2-3,6-9,12H,4-5,10-11,13-15H2,1H3/q+1/t21-/m0/s1. The summed E-state index contributed by atoms with van der Waals surface area (Å²) in [6, 6.07) is 13.6. The van der Waals surface area contributed by atoms with Crippen LogP contribution in [0.15, 0.2) is 42.0 Å². The molecule has 2 fully saturated rings. The summed E-state index contributed by atoms with van der Waals surface area (Å²) in [5.74, 6) is 0. The zero-order chi connectivity index (χ0) is 14.8. The lowest BCUT2D eigenvalue weighted by molar-refractivity contribution is -0.906. The molecule has 22 heavy (non-hydrogen) atoms. The minimum absolute atomic E-state index is 0.403. The van der Waals surface area contributed by atoms with E-state index < -0.39 is 0 Å². The van der Waals surface area contributed by atoms with Crippen molar-refractivity contribution in [3.8, 4) is 0 Å². The number of quaternary nitrogens is 1. The minimum Gasteiger partial charge on any atom is -0.319 e. The maximum atomic E-state index is 2.56. The molecule has 1 atom stereocenters. The second kappa shape index (κ2) is 4.23. The molecule has 112 valence electrons. The van der Waals surface area contributed by atoms with Crippen LogP contribution in [0.5, 0.6) is 0 Å². The van der Waals surface area contributed by atoms with Gasteiger partial charge in [-0.1, -0.05) is 36.4 Å². The average Bonchev–Trinajstić information content (AvgIpc) is 3.07. The first-order valence-corrected chi connectivity index (χ1v) is 8.74. The van der Waals surface area contributed by atoms with Crippen LogP contribution in [0.4, 0.5) is 0 Å². The zero-order valence-electron chi connectivity index (χ0n) is 13.4. The summed E-state index contributed by atoms with van der Waals surface area (Å²) in [6.07, 6.45) is 6.66. The third-order valence-corrected chi connectivity index (χ3v) is 6.44. The number of nitrogens with zero attached hydrogens (tertiary/aromatic N) is 1. The molecular weight excluding hydrogens is 266 g/mol. The van der Waals surface area contributed by atoms with Crippen LogP contribution in [0.25, 0.3) is 16.8 Å². The molecule has 1 spiro atoms. The molecule has 0 saturated carbocycles. The Bertz CT molecular complexity index is 795. The fraction of sp³-hybridized carbons (Fsp3) is 0.429. The van der Waals surface area contributed by atoms with E-state index in [0.717, 1.165) is 0 Å². The lowest BCUT2D eigenvalue weighted by Crippen LogP contribution is -2.44. The second-order valence-corrected chi connectivity index (χ2v) is 8.08. The van der Waals surface area contributed by atoms with Crippen molar-refractivity contribution in [3.05, 3.63) is 53.1 Å². The van der Waals surface area contributed by atoms with Gasteiger partial charge in [0.2, 0.25) is 0 Å². The lowest BCUT2D eigenvalue weighted by atomic mass is 9.73. The molecule has 2 heterocycles. The number of rotatable bonds is 0. The van der Waals surface area contributed by atoms with Crippen LogP contribution >= 0.6 is 0 Å². The molecule has 0 aromatic heterocycles. The largest absolute Gasteiger partial charge is 0.319 e. The van der Waals surface area contributed by atoms with Gasteiger partial charge in [0.15, 0.2) is 0 Å². The zero-order valence-corrected chi connectivity index (χ0v) is 13.4. The molecule has 1 nitrogen and oxygen atoms in total. The van der Waals surface area contributed by atoms with E-state index in [4.69, 9.17) is 0 Å². The van der Waals surface area contributed by atoms with Gasteiger partial charge < -0.3 is 4.48 Å². The monoisotopic (exact) mass is 290 g/mol. The summed E-state index contributed by atoms with van der Waals surface area (Å²) in [4.78, 5) is 0. The summed E-state index contributed by atoms with van der Waals surface area (Å²) in [6.45, 7) is 8.00. The van der Waals surface area contributed by atoms with Crippen LogP contribution < -0.4 is 0 Å². The Morgan fingerprint density at radius 3 is 2.68 bits per heavy atom. The van der Waals surface area contributed by atoms with Crippen LogP contribution in [0.3, 0.4) is 0 Å². The van der Waals surface area contributed by atoms with Gasteiger partial charge in [0.25, 0.3) is 0 Å². The van der Waals surface area contributed by atoms with E-state index in [1.54, 1.807) is 11.1 Å². The van der Waals surface area contributed by atoms with Crippen molar-refractivity contribution in [3.63, 3.8) is 0 Å². The van der Waals surface area contributed by atoms with E-state index in [0.29, 0.717) is 5.41 Å². The Morgan fingerprint density at radius 1 is 1.00 bits per heavy atom. The molecule has 2 aromatic carbocycles. The quantitative estimate of drug-likeness (QED) is 0.630. The maximum Gasteiger partial charge on any atom is 0.101 e. The number of benzene rings is 2. The summed E-state index contributed by atoms with van der Waals surface area (Å²) in [5.41, 5.74) is 5.19. The Balaban J connectivity index is 1.67. The van der Waals surface area contributed by atoms with Gasteiger partial charge in [0.05, 0.1) is 19.6 Å². The van der Waals surface area contributed by atoms with Crippen molar-refractivity contribution in [1.29, 1.82) is 0 Å². The van der Waals surface area contributed by atoms with Crippen molar-refractivity contribution < 1.29 is 4.48 Å². The van der Waals surface area contributed by atoms with E-state index >= 15 is 0 Å². The molecule has 0 radical (unpaired) electrons. The molecule has 1 aliphatic carbocycles. The van der Waals surface area contributed by atoms with Gasteiger partial charge in [0, 0.05) is 18.3 Å². The predicted octanol–water partition coefficient (Wildman–Crippen LogP) is 4.41. The SMILES string of the molecule is C[C@@]12Cc3ccc4ccccc4c3C=C1C[N+]1(CCCC1)C2. The molecule has 0 N–H and O–H groups in total. The highest BCUT2D eigenvalue weighted by atomic mass is 15.4. The van der Waals surface area contributed by atoms with Crippen LogP contribution in [-0.4, -0.2) is 30.7 Å². The smallest absolute Gasteiger partial charge is 0.101 e. The molecule has 5 rings (SSSR count). The summed E-state index contributed by atoms with van der Waals surface area (Å²) in [7, 11) is 0. The Hall–Kier alpha value is -1.60. The second-order valence-electron chi connectivity index (χ2n) is 8.08. The highest BCUT2D eigenvalue weighted by Gasteiger charge is 2.51. The van der Waals surface area contributed by atoms with Crippen molar-refractivity contribution in [1.82, 2.24) is 0 Å². The number of hydrogen-bond acceptors (Lipinski definition) is 0. The van der Waals surface area contributed by atoms with Gasteiger partial charge in [-0.2, -0.15) is 0 Å². The van der Waals surface area contributed by atoms with E-state index in [9.17, 15) is 0 Å². The topological polar surface area (TPSA) is 0 Å². The van der Waals surface area contributed by atoms with E-state index in [1.807, 2.05) is 0 Å². The van der Waals surface area contributed by atoms with Crippen LogP contribution in [0, 0.1) is 5.41 Å². The van der Waals surface area contributed by atoms with Gasteiger partial charge >= 0.3 is 0 Å².